The van der Waals surface area contributed by atoms with Crippen molar-refractivity contribution in [3.8, 4) is 0 Å². The lowest BCUT2D eigenvalue weighted by molar-refractivity contribution is -0.114. The summed E-state index contributed by atoms with van der Waals surface area (Å²) in [4.78, 5) is 33.9. The summed E-state index contributed by atoms with van der Waals surface area (Å²) in [6.07, 6.45) is 3.02. The molecule has 0 atom stereocenters. The first-order valence-electron chi connectivity index (χ1n) is 6.89. The first-order valence-corrected chi connectivity index (χ1v) is 6.89. The molecule has 0 fully saturated rings. The van der Waals surface area contributed by atoms with Crippen LogP contribution in [0.5, 0.6) is 0 Å². The van der Waals surface area contributed by atoms with Gasteiger partial charge in [0.15, 0.2) is 5.78 Å². The Morgan fingerprint density at radius 3 is 2.30 bits per heavy atom. The van der Waals surface area contributed by atoms with Crippen molar-refractivity contribution in [3.63, 3.8) is 0 Å². The molecule has 2 rings (SSSR count). The fourth-order valence-electron chi connectivity index (χ4n) is 1.96. The average Bonchev–Trinajstić information content (AvgIpc) is 2.52. The maximum Gasteiger partial charge on any atom is 0.335 e. The Labute approximate surface area is 133 Å². The zero-order valence-corrected chi connectivity index (χ0v) is 12.4. The molecular weight excluding hydrogens is 294 g/mol. The Hall–Kier alpha value is -3.21. The number of carboxylic acid groups (broad SMARTS) is 1. The van der Waals surface area contributed by atoms with Crippen LogP contribution in [-0.2, 0) is 4.79 Å². The molecule has 0 aliphatic carbocycles. The van der Waals surface area contributed by atoms with E-state index in [1.165, 1.54) is 25.1 Å². The van der Waals surface area contributed by atoms with E-state index in [4.69, 9.17) is 5.11 Å². The molecule has 0 radical (unpaired) electrons. The molecule has 0 aliphatic rings. The SMILES string of the molecule is CC(=O)Nc1cccc(C(=O)C=Cc2ccc(C(=O)O)cc2)c1. The molecule has 5 heteroatoms. The van der Waals surface area contributed by atoms with Crippen molar-refractivity contribution in [2.75, 3.05) is 5.32 Å². The normalized spacial score (nSPS) is 10.5. The second kappa shape index (κ2) is 7.17. The molecule has 116 valence electrons. The minimum Gasteiger partial charge on any atom is -0.478 e. The van der Waals surface area contributed by atoms with Crippen molar-refractivity contribution in [2.24, 2.45) is 0 Å². The molecule has 23 heavy (non-hydrogen) atoms. The number of carbonyl (C=O) groups excluding carboxylic acids is 2. The van der Waals surface area contributed by atoms with Gasteiger partial charge in [0.1, 0.15) is 0 Å². The Balaban J connectivity index is 2.11. The molecule has 0 bridgehead atoms. The Kier molecular flexibility index (Phi) is 5.04. The highest BCUT2D eigenvalue weighted by molar-refractivity contribution is 6.07. The predicted molar refractivity (Wildman–Crippen MR) is 87.5 cm³/mol. The highest BCUT2D eigenvalue weighted by atomic mass is 16.4. The molecule has 0 saturated heterocycles. The Morgan fingerprint density at radius 1 is 1.00 bits per heavy atom. The third-order valence-electron chi connectivity index (χ3n) is 3.05. The first kappa shape index (κ1) is 16.2. The van der Waals surface area contributed by atoms with Gasteiger partial charge in [0.05, 0.1) is 5.56 Å². The van der Waals surface area contributed by atoms with Gasteiger partial charge >= 0.3 is 5.97 Å². The smallest absolute Gasteiger partial charge is 0.335 e. The van der Waals surface area contributed by atoms with E-state index in [0.717, 1.165) is 5.56 Å². The van der Waals surface area contributed by atoms with Crippen LogP contribution in [0.2, 0.25) is 0 Å². The summed E-state index contributed by atoms with van der Waals surface area (Å²) >= 11 is 0. The van der Waals surface area contributed by atoms with Crippen molar-refractivity contribution < 1.29 is 19.5 Å². The summed E-state index contributed by atoms with van der Waals surface area (Å²) in [5.41, 5.74) is 1.93. The summed E-state index contributed by atoms with van der Waals surface area (Å²) in [6, 6.07) is 12.9. The first-order chi connectivity index (χ1) is 11.0. The molecule has 2 N–H and O–H groups in total. The fourth-order valence-corrected chi connectivity index (χ4v) is 1.96. The van der Waals surface area contributed by atoms with Gasteiger partial charge in [-0.3, -0.25) is 9.59 Å². The summed E-state index contributed by atoms with van der Waals surface area (Å²) in [7, 11) is 0. The lowest BCUT2D eigenvalue weighted by atomic mass is 10.1. The third-order valence-corrected chi connectivity index (χ3v) is 3.05. The van der Waals surface area contributed by atoms with Crippen LogP contribution < -0.4 is 5.32 Å². The Bertz CT molecular complexity index is 776. The topological polar surface area (TPSA) is 83.5 Å². The molecule has 2 aromatic rings. The zero-order chi connectivity index (χ0) is 16.8. The van der Waals surface area contributed by atoms with Crippen LogP contribution in [0, 0.1) is 0 Å². The highest BCUT2D eigenvalue weighted by Gasteiger charge is 2.04. The Morgan fingerprint density at radius 2 is 1.70 bits per heavy atom. The van der Waals surface area contributed by atoms with Crippen molar-refractivity contribution >= 4 is 29.4 Å². The summed E-state index contributed by atoms with van der Waals surface area (Å²) in [5.74, 6) is -1.41. The van der Waals surface area contributed by atoms with E-state index in [9.17, 15) is 14.4 Å². The van der Waals surface area contributed by atoms with Gasteiger partial charge in [-0.2, -0.15) is 0 Å². The number of nitrogens with one attached hydrogen (secondary N) is 1. The van der Waals surface area contributed by atoms with Crippen LogP contribution in [0.25, 0.3) is 6.08 Å². The van der Waals surface area contributed by atoms with Crippen molar-refractivity contribution in [3.05, 3.63) is 71.3 Å². The van der Waals surface area contributed by atoms with E-state index in [1.807, 2.05) is 0 Å². The van der Waals surface area contributed by atoms with E-state index in [1.54, 1.807) is 42.5 Å². The number of benzene rings is 2. The maximum atomic E-state index is 12.1. The third kappa shape index (κ3) is 4.64. The van der Waals surface area contributed by atoms with Gasteiger partial charge in [-0.25, -0.2) is 4.79 Å². The van der Waals surface area contributed by atoms with Crippen LogP contribution in [-0.4, -0.2) is 22.8 Å². The summed E-state index contributed by atoms with van der Waals surface area (Å²) in [6.45, 7) is 1.40. The number of anilines is 1. The van der Waals surface area contributed by atoms with Crippen molar-refractivity contribution in [1.82, 2.24) is 0 Å². The number of aromatic carboxylic acids is 1. The molecule has 5 nitrogen and oxygen atoms in total. The number of carbonyl (C=O) groups is 3. The van der Waals surface area contributed by atoms with Gasteiger partial charge in [0.25, 0.3) is 0 Å². The molecule has 0 saturated carbocycles. The number of rotatable bonds is 5. The van der Waals surface area contributed by atoms with Crippen LogP contribution in [0.1, 0.15) is 33.2 Å². The second-order valence-electron chi connectivity index (χ2n) is 4.89. The van der Waals surface area contributed by atoms with Crippen LogP contribution in [0.3, 0.4) is 0 Å². The molecule has 1 amide bonds. The predicted octanol–water partition coefficient (Wildman–Crippen LogP) is 3.24. The summed E-state index contributed by atoms with van der Waals surface area (Å²) < 4.78 is 0. The van der Waals surface area contributed by atoms with Crippen LogP contribution >= 0.6 is 0 Å². The van der Waals surface area contributed by atoms with Crippen molar-refractivity contribution in [2.45, 2.75) is 6.92 Å². The van der Waals surface area contributed by atoms with Crippen LogP contribution in [0.4, 0.5) is 5.69 Å². The fraction of sp³-hybridized carbons (Fsp3) is 0.0556. The molecule has 0 spiro atoms. The molecule has 0 aliphatic heterocycles. The number of ketones is 1. The molecule has 0 unspecified atom stereocenters. The van der Waals surface area contributed by atoms with Gasteiger partial charge < -0.3 is 10.4 Å². The zero-order valence-electron chi connectivity index (χ0n) is 12.4. The van der Waals surface area contributed by atoms with Gasteiger partial charge in [0, 0.05) is 18.2 Å². The van der Waals surface area contributed by atoms with E-state index in [2.05, 4.69) is 5.32 Å². The quantitative estimate of drug-likeness (QED) is 0.656. The van der Waals surface area contributed by atoms with E-state index in [-0.39, 0.29) is 17.3 Å². The minimum atomic E-state index is -0.994. The van der Waals surface area contributed by atoms with Gasteiger partial charge in [-0.1, -0.05) is 30.3 Å². The molecule has 0 heterocycles. The van der Waals surface area contributed by atoms with E-state index in [0.29, 0.717) is 11.3 Å². The molecular formula is C18H15NO4. The monoisotopic (exact) mass is 309 g/mol. The van der Waals surface area contributed by atoms with Gasteiger partial charge in [-0.05, 0) is 35.9 Å². The van der Waals surface area contributed by atoms with E-state index >= 15 is 0 Å². The maximum absolute atomic E-state index is 12.1. The van der Waals surface area contributed by atoms with Gasteiger partial charge in [0.2, 0.25) is 5.91 Å². The van der Waals surface area contributed by atoms with E-state index < -0.39 is 5.97 Å². The van der Waals surface area contributed by atoms with Crippen molar-refractivity contribution in [1.29, 1.82) is 0 Å². The standard InChI is InChI=1S/C18H15NO4/c1-12(20)19-16-4-2-3-15(11-16)17(21)10-7-13-5-8-14(9-6-13)18(22)23/h2-11H,1H3,(H,19,20)(H,22,23). The number of hydrogen-bond acceptors (Lipinski definition) is 3. The minimum absolute atomic E-state index is 0.191. The number of hydrogen-bond donors (Lipinski definition) is 2. The van der Waals surface area contributed by atoms with Gasteiger partial charge in [-0.15, -0.1) is 0 Å². The summed E-state index contributed by atoms with van der Waals surface area (Å²) in [5, 5.41) is 11.4. The second-order valence-corrected chi connectivity index (χ2v) is 4.89. The molecule has 2 aromatic carbocycles. The average molecular weight is 309 g/mol. The largest absolute Gasteiger partial charge is 0.478 e. The number of amides is 1. The lowest BCUT2D eigenvalue weighted by Crippen LogP contribution is -2.06. The highest BCUT2D eigenvalue weighted by Crippen LogP contribution is 2.13. The number of carboxylic acids is 1. The lowest BCUT2D eigenvalue weighted by Gasteiger charge is -2.03. The van der Waals surface area contributed by atoms with Crippen LogP contribution in [0.15, 0.2) is 54.6 Å². The number of allylic oxidation sites excluding steroid dienone is 1. The molecule has 0 aromatic heterocycles.